The number of benzene rings is 1. The van der Waals surface area contributed by atoms with Crippen LogP contribution in [0.25, 0.3) is 0 Å². The Labute approximate surface area is 125 Å². The SMILES string of the molecule is O=C(NC1CC1OCc1ccccc1)[C@H]1CC[C@H](O)CC1. The summed E-state index contributed by atoms with van der Waals surface area (Å²) in [5.41, 5.74) is 1.16. The van der Waals surface area contributed by atoms with Crippen molar-refractivity contribution >= 4 is 5.91 Å². The van der Waals surface area contributed by atoms with Gasteiger partial charge in [-0.1, -0.05) is 30.3 Å². The number of amides is 1. The lowest BCUT2D eigenvalue weighted by Crippen LogP contribution is -2.36. The maximum atomic E-state index is 12.1. The number of rotatable bonds is 5. The predicted molar refractivity (Wildman–Crippen MR) is 79.5 cm³/mol. The molecule has 2 N–H and O–H groups in total. The molecule has 0 aromatic heterocycles. The van der Waals surface area contributed by atoms with E-state index >= 15 is 0 Å². The Balaban J connectivity index is 1.37. The van der Waals surface area contributed by atoms with Crippen LogP contribution in [0.15, 0.2) is 30.3 Å². The summed E-state index contributed by atoms with van der Waals surface area (Å²) in [5.74, 6) is 0.210. The molecule has 1 amide bonds. The van der Waals surface area contributed by atoms with Crippen LogP contribution in [0.4, 0.5) is 0 Å². The zero-order chi connectivity index (χ0) is 14.7. The van der Waals surface area contributed by atoms with E-state index in [9.17, 15) is 9.90 Å². The molecule has 0 radical (unpaired) electrons. The van der Waals surface area contributed by atoms with Crippen LogP contribution in [0.1, 0.15) is 37.7 Å². The highest BCUT2D eigenvalue weighted by Gasteiger charge is 2.40. The number of carbonyl (C=O) groups excluding carboxylic acids is 1. The number of aliphatic hydroxyl groups excluding tert-OH is 1. The smallest absolute Gasteiger partial charge is 0.223 e. The van der Waals surface area contributed by atoms with E-state index in [1.165, 1.54) is 0 Å². The molecule has 21 heavy (non-hydrogen) atoms. The molecule has 4 heteroatoms. The largest absolute Gasteiger partial charge is 0.393 e. The number of nitrogens with one attached hydrogen (secondary N) is 1. The van der Waals surface area contributed by atoms with Gasteiger partial charge in [-0.3, -0.25) is 4.79 Å². The molecule has 0 saturated heterocycles. The molecule has 3 rings (SSSR count). The van der Waals surface area contributed by atoms with E-state index in [2.05, 4.69) is 5.32 Å². The van der Waals surface area contributed by atoms with Gasteiger partial charge in [0.2, 0.25) is 5.91 Å². The van der Waals surface area contributed by atoms with Crippen LogP contribution in [0, 0.1) is 5.92 Å². The Morgan fingerprint density at radius 1 is 1.19 bits per heavy atom. The lowest BCUT2D eigenvalue weighted by Gasteiger charge is -2.24. The van der Waals surface area contributed by atoms with Crippen molar-refractivity contribution in [2.75, 3.05) is 0 Å². The topological polar surface area (TPSA) is 58.6 Å². The highest BCUT2D eigenvalue weighted by Crippen LogP contribution is 2.29. The van der Waals surface area contributed by atoms with Gasteiger partial charge in [-0.15, -0.1) is 0 Å². The first-order valence-electron chi connectivity index (χ1n) is 7.86. The lowest BCUT2D eigenvalue weighted by molar-refractivity contribution is -0.127. The van der Waals surface area contributed by atoms with Gasteiger partial charge in [0.25, 0.3) is 0 Å². The molecule has 2 unspecified atom stereocenters. The van der Waals surface area contributed by atoms with Gasteiger partial charge in [0.15, 0.2) is 0 Å². The second-order valence-corrected chi connectivity index (χ2v) is 6.19. The fourth-order valence-electron chi connectivity index (χ4n) is 2.92. The molecule has 0 aliphatic heterocycles. The number of hydrogen-bond acceptors (Lipinski definition) is 3. The van der Waals surface area contributed by atoms with Crippen LogP contribution < -0.4 is 5.32 Å². The lowest BCUT2D eigenvalue weighted by atomic mass is 9.87. The zero-order valence-corrected chi connectivity index (χ0v) is 12.2. The van der Waals surface area contributed by atoms with Crippen molar-refractivity contribution < 1.29 is 14.6 Å². The molecule has 1 aromatic carbocycles. The van der Waals surface area contributed by atoms with Crippen molar-refractivity contribution in [1.82, 2.24) is 5.32 Å². The first-order valence-corrected chi connectivity index (χ1v) is 7.86. The molecular formula is C17H23NO3. The van der Waals surface area contributed by atoms with Crippen LogP contribution in [-0.2, 0) is 16.1 Å². The maximum absolute atomic E-state index is 12.1. The number of aliphatic hydroxyl groups is 1. The zero-order valence-electron chi connectivity index (χ0n) is 12.2. The normalized spacial score (nSPS) is 31.7. The summed E-state index contributed by atoms with van der Waals surface area (Å²) in [6.45, 7) is 0.605. The fraction of sp³-hybridized carbons (Fsp3) is 0.588. The molecule has 2 atom stereocenters. The molecule has 2 saturated carbocycles. The molecule has 2 fully saturated rings. The summed E-state index contributed by atoms with van der Waals surface area (Å²) in [5, 5.41) is 12.6. The molecule has 2 aliphatic rings. The quantitative estimate of drug-likeness (QED) is 0.872. The van der Waals surface area contributed by atoms with E-state index in [4.69, 9.17) is 4.74 Å². The van der Waals surface area contributed by atoms with Crippen molar-refractivity contribution in [3.05, 3.63) is 35.9 Å². The Bertz CT molecular complexity index is 468. The van der Waals surface area contributed by atoms with Crippen LogP contribution in [0.5, 0.6) is 0 Å². The number of carbonyl (C=O) groups is 1. The molecule has 1 aromatic rings. The first-order chi connectivity index (χ1) is 10.2. The average Bonchev–Trinajstić information content (AvgIpc) is 3.25. The Hall–Kier alpha value is -1.39. The van der Waals surface area contributed by atoms with Crippen LogP contribution in [-0.4, -0.2) is 29.3 Å². The second kappa shape index (κ2) is 6.58. The van der Waals surface area contributed by atoms with Crippen molar-refractivity contribution in [3.8, 4) is 0 Å². The van der Waals surface area contributed by atoms with Crippen LogP contribution in [0.2, 0.25) is 0 Å². The minimum absolute atomic E-state index is 0.0729. The molecular weight excluding hydrogens is 266 g/mol. The Morgan fingerprint density at radius 2 is 1.90 bits per heavy atom. The molecule has 0 heterocycles. The first kappa shape index (κ1) is 14.5. The van der Waals surface area contributed by atoms with Crippen molar-refractivity contribution in [2.45, 2.75) is 57.0 Å². The third kappa shape index (κ3) is 4.05. The summed E-state index contributed by atoms with van der Waals surface area (Å²) in [4.78, 5) is 12.1. The van der Waals surface area contributed by atoms with E-state index in [0.717, 1.165) is 37.7 Å². The van der Waals surface area contributed by atoms with Gasteiger partial charge in [-0.25, -0.2) is 0 Å². The van der Waals surface area contributed by atoms with E-state index in [-0.39, 0.29) is 30.1 Å². The molecule has 114 valence electrons. The van der Waals surface area contributed by atoms with Crippen molar-refractivity contribution in [3.63, 3.8) is 0 Å². The fourth-order valence-corrected chi connectivity index (χ4v) is 2.92. The summed E-state index contributed by atoms with van der Waals surface area (Å²) >= 11 is 0. The minimum atomic E-state index is -0.211. The highest BCUT2D eigenvalue weighted by atomic mass is 16.5. The standard InChI is InChI=1S/C17H23NO3/c19-14-8-6-13(7-9-14)17(20)18-15-10-16(15)21-11-12-4-2-1-3-5-12/h1-5,13-16,19H,6-11H2,(H,18,20)/t13-,14-,15?,16?. The van der Waals surface area contributed by atoms with E-state index in [1.807, 2.05) is 30.3 Å². The molecule has 0 spiro atoms. The van der Waals surface area contributed by atoms with Gasteiger partial charge in [0.05, 0.1) is 24.9 Å². The second-order valence-electron chi connectivity index (χ2n) is 6.19. The maximum Gasteiger partial charge on any atom is 0.223 e. The van der Waals surface area contributed by atoms with Gasteiger partial charge in [-0.2, -0.15) is 0 Å². The van der Waals surface area contributed by atoms with Gasteiger partial charge in [0.1, 0.15) is 0 Å². The van der Waals surface area contributed by atoms with Gasteiger partial charge >= 0.3 is 0 Å². The van der Waals surface area contributed by atoms with E-state index in [0.29, 0.717) is 6.61 Å². The minimum Gasteiger partial charge on any atom is -0.393 e. The number of ether oxygens (including phenoxy) is 1. The monoisotopic (exact) mass is 289 g/mol. The van der Waals surface area contributed by atoms with Crippen molar-refractivity contribution in [2.24, 2.45) is 5.92 Å². The average molecular weight is 289 g/mol. The summed E-state index contributed by atoms with van der Waals surface area (Å²) in [6, 6.07) is 10.3. The summed E-state index contributed by atoms with van der Waals surface area (Å²) in [6.07, 6.45) is 3.95. The van der Waals surface area contributed by atoms with E-state index < -0.39 is 0 Å². The molecule has 4 nitrogen and oxygen atoms in total. The Morgan fingerprint density at radius 3 is 2.62 bits per heavy atom. The van der Waals surface area contributed by atoms with E-state index in [1.54, 1.807) is 0 Å². The third-order valence-corrected chi connectivity index (χ3v) is 4.43. The van der Waals surface area contributed by atoms with Gasteiger partial charge in [0, 0.05) is 5.92 Å². The van der Waals surface area contributed by atoms with Crippen LogP contribution >= 0.6 is 0 Å². The summed E-state index contributed by atoms with van der Waals surface area (Å²) in [7, 11) is 0. The number of hydrogen-bond donors (Lipinski definition) is 2. The highest BCUT2D eigenvalue weighted by molar-refractivity contribution is 5.79. The Kier molecular flexibility index (Phi) is 4.56. The molecule has 2 aliphatic carbocycles. The van der Waals surface area contributed by atoms with Gasteiger partial charge in [-0.05, 0) is 37.7 Å². The molecule has 0 bridgehead atoms. The van der Waals surface area contributed by atoms with Gasteiger partial charge < -0.3 is 15.2 Å². The predicted octanol–water partition coefficient (Wildman–Crippen LogP) is 2.01. The summed E-state index contributed by atoms with van der Waals surface area (Å²) < 4.78 is 5.80. The third-order valence-electron chi connectivity index (χ3n) is 4.43. The van der Waals surface area contributed by atoms with Crippen molar-refractivity contribution in [1.29, 1.82) is 0 Å². The van der Waals surface area contributed by atoms with Crippen LogP contribution in [0.3, 0.4) is 0 Å².